The van der Waals surface area contributed by atoms with Crippen LogP contribution in [0.25, 0.3) is 50.3 Å². The Morgan fingerprint density at radius 2 is 0.792 bits per heavy atom. The lowest BCUT2D eigenvalue weighted by Gasteiger charge is -2.13. The summed E-state index contributed by atoms with van der Waals surface area (Å²) in [7, 11) is 0. The van der Waals surface area contributed by atoms with Crippen LogP contribution in [0.4, 0.5) is 31.0 Å². The number of ether oxygens (including phenoxy) is 3. The molecule has 9 aromatic heterocycles. The molecular formula is C71H76F3N17O5. The predicted molar refractivity (Wildman–Crippen MR) is 359 cm³/mol. The molecule has 2 atom stereocenters. The lowest BCUT2D eigenvalue weighted by Crippen LogP contribution is -2.14. The summed E-state index contributed by atoms with van der Waals surface area (Å²) in [4.78, 5) is 32.7. The second kappa shape index (κ2) is 26.4. The van der Waals surface area contributed by atoms with Crippen LogP contribution in [-0.2, 0) is 52.0 Å². The van der Waals surface area contributed by atoms with E-state index in [-0.39, 0.29) is 17.5 Å². The zero-order valence-corrected chi connectivity index (χ0v) is 55.5. The summed E-state index contributed by atoms with van der Waals surface area (Å²) in [6.45, 7) is 24.6. The molecule has 5 N–H and O–H groups in total. The van der Waals surface area contributed by atoms with Gasteiger partial charge in [-0.05, 0) is 119 Å². The van der Waals surface area contributed by atoms with Gasteiger partial charge in [-0.3, -0.25) is 27.5 Å². The smallest absolute Gasteiger partial charge is 0.208 e. The van der Waals surface area contributed by atoms with Gasteiger partial charge < -0.3 is 40.4 Å². The standard InChI is InChI=1S/2C24H27FN6O2.C23H22FN5O/c2*1-13-11-30-23(28-13)19(22-15(3)29-31(16(22)4)12-14(2)32)10-27-24(30)26-9-18-17-7-8-33-21(17)6-5-20(18)25;1-13-4-5-16(15(3)27-13)19-11-26-23(29-12-14(2)28-22(19)29)25-10-18-17-8-9-30-21(17)7-6-20(18)24/h2*5-6,10-11,14,32H,7-9,12H2,1-4H3,(H,26,27);4-7,11-12H,8-10H2,1-3H3,(H,25,26)/t2*14-;/m10./s1. The van der Waals surface area contributed by atoms with Crippen molar-refractivity contribution in [1.29, 1.82) is 0 Å². The van der Waals surface area contributed by atoms with E-state index in [0.717, 1.165) is 142 Å². The van der Waals surface area contributed by atoms with Crippen molar-refractivity contribution >= 4 is 34.8 Å². The summed E-state index contributed by atoms with van der Waals surface area (Å²) in [5.74, 6) is 3.30. The lowest BCUT2D eigenvalue weighted by atomic mass is 10.0. The van der Waals surface area contributed by atoms with Gasteiger partial charge in [0.05, 0.1) is 73.6 Å². The van der Waals surface area contributed by atoms with E-state index in [4.69, 9.17) is 29.2 Å². The highest BCUT2D eigenvalue weighted by molar-refractivity contribution is 5.83. The van der Waals surface area contributed by atoms with E-state index in [1.807, 2.05) is 110 Å². The third-order valence-corrected chi connectivity index (χ3v) is 17.6. The number of aromatic nitrogens is 14. The number of nitrogens with zero attached hydrogens (tertiary/aromatic N) is 14. The number of benzene rings is 3. The van der Waals surface area contributed by atoms with Crippen molar-refractivity contribution < 1.29 is 37.6 Å². The van der Waals surface area contributed by atoms with E-state index >= 15 is 0 Å². The van der Waals surface area contributed by atoms with E-state index in [1.54, 1.807) is 50.6 Å². The van der Waals surface area contributed by atoms with Gasteiger partial charge in [0.15, 0.2) is 0 Å². The second-order valence-corrected chi connectivity index (χ2v) is 24.8. The molecule has 0 bridgehead atoms. The van der Waals surface area contributed by atoms with Crippen molar-refractivity contribution in [2.24, 2.45) is 0 Å². The van der Waals surface area contributed by atoms with Crippen LogP contribution in [0, 0.1) is 79.8 Å². The van der Waals surface area contributed by atoms with Gasteiger partial charge in [-0.15, -0.1) is 0 Å². The Kier molecular flexibility index (Phi) is 17.7. The van der Waals surface area contributed by atoms with Gasteiger partial charge in [0.2, 0.25) is 17.8 Å². The van der Waals surface area contributed by atoms with E-state index < -0.39 is 12.2 Å². The van der Waals surface area contributed by atoms with Gasteiger partial charge in [0.1, 0.15) is 51.6 Å². The fraction of sp³-hybridized carbons (Fsp3) is 0.338. The highest BCUT2D eigenvalue weighted by Crippen LogP contribution is 2.37. The van der Waals surface area contributed by atoms with Gasteiger partial charge in [0.25, 0.3) is 0 Å². The number of pyridine rings is 1. The van der Waals surface area contributed by atoms with Crippen LogP contribution in [0.3, 0.4) is 0 Å². The molecular weight excluding hydrogens is 1230 g/mol. The number of imidazole rings is 3. The highest BCUT2D eigenvalue weighted by atomic mass is 19.1. The minimum atomic E-state index is -0.500. The largest absolute Gasteiger partial charge is 0.493 e. The number of halogens is 3. The molecule has 3 aromatic carbocycles. The summed E-state index contributed by atoms with van der Waals surface area (Å²) in [6, 6.07) is 13.5. The number of aryl methyl sites for hydroxylation is 7. The molecule has 96 heavy (non-hydrogen) atoms. The molecule has 0 unspecified atom stereocenters. The predicted octanol–water partition coefficient (Wildman–Crippen LogP) is 11.6. The molecule has 0 radical (unpaired) electrons. The molecule has 3 aliphatic rings. The molecule has 3 aliphatic heterocycles. The molecule has 0 fully saturated rings. The lowest BCUT2D eigenvalue weighted by molar-refractivity contribution is 0.167. The molecule has 12 aromatic rings. The van der Waals surface area contributed by atoms with Crippen LogP contribution in [0.15, 0.2) is 85.7 Å². The number of hydrogen-bond acceptors (Lipinski definition) is 17. The molecule has 12 heterocycles. The Morgan fingerprint density at radius 3 is 1.15 bits per heavy atom. The van der Waals surface area contributed by atoms with E-state index in [1.165, 1.54) is 18.2 Å². The fourth-order valence-electron chi connectivity index (χ4n) is 13.2. The van der Waals surface area contributed by atoms with Crippen LogP contribution < -0.4 is 30.2 Å². The van der Waals surface area contributed by atoms with Gasteiger partial charge in [0, 0.05) is 166 Å². The first-order valence-electron chi connectivity index (χ1n) is 32.1. The first-order valence-corrected chi connectivity index (χ1v) is 32.1. The molecule has 25 heteroatoms. The molecule has 15 rings (SSSR count). The molecule has 496 valence electrons. The fourth-order valence-corrected chi connectivity index (χ4v) is 13.2. The van der Waals surface area contributed by atoms with E-state index in [2.05, 4.69) is 52.2 Å². The van der Waals surface area contributed by atoms with E-state index in [9.17, 15) is 23.4 Å². The molecule has 0 saturated carbocycles. The van der Waals surface area contributed by atoms with Crippen molar-refractivity contribution in [2.45, 2.75) is 140 Å². The summed E-state index contributed by atoms with van der Waals surface area (Å²) >= 11 is 0. The van der Waals surface area contributed by atoms with Crippen molar-refractivity contribution in [3.8, 4) is 50.6 Å². The monoisotopic (exact) mass is 1300 g/mol. The summed E-state index contributed by atoms with van der Waals surface area (Å²) in [5, 5.41) is 38.7. The number of rotatable bonds is 16. The topological polar surface area (TPSA) is 243 Å². The third-order valence-electron chi connectivity index (χ3n) is 17.6. The number of fused-ring (bicyclic) bond motifs is 6. The molecule has 0 spiro atoms. The summed E-state index contributed by atoms with van der Waals surface area (Å²) in [5.41, 5.74) is 20.5. The Labute approximate surface area is 552 Å². The Hall–Kier alpha value is -10.4. The molecule has 0 aliphatic carbocycles. The van der Waals surface area contributed by atoms with Gasteiger partial charge in [-0.25, -0.2) is 43.1 Å². The zero-order valence-electron chi connectivity index (χ0n) is 55.5. The van der Waals surface area contributed by atoms with Crippen molar-refractivity contribution in [1.82, 2.24) is 67.7 Å². The Bertz CT molecular complexity index is 4760. The van der Waals surface area contributed by atoms with Crippen molar-refractivity contribution in [3.05, 3.63) is 188 Å². The average Bonchev–Trinajstić information content (AvgIpc) is 1.60. The van der Waals surface area contributed by atoms with Crippen LogP contribution in [-0.4, -0.2) is 110 Å². The SMILES string of the molecule is Cc1ccc(-c2cnc(NCc3c(F)ccc4c3CCO4)n3cc(C)nc23)c(C)n1.Cc1cn2c(NCc3c(F)ccc4c3CCO4)ncc(-c3c(C)nn(C[C@@H](C)O)c3C)c2n1.Cc1cn2c(NCc3c(F)ccc4c3CCO4)ncc(-c3c(C)nn(C[C@H](C)O)c3C)c2n1. The maximum absolute atomic E-state index is 14.6. The maximum atomic E-state index is 14.6. The normalized spacial score (nSPS) is 13.5. The minimum absolute atomic E-state index is 0.234. The Morgan fingerprint density at radius 1 is 0.438 bits per heavy atom. The minimum Gasteiger partial charge on any atom is -0.493 e. The van der Waals surface area contributed by atoms with Gasteiger partial charge in [-0.2, -0.15) is 10.2 Å². The number of aliphatic hydroxyl groups excluding tert-OH is 2. The maximum Gasteiger partial charge on any atom is 0.208 e. The van der Waals surface area contributed by atoms with Gasteiger partial charge in [-0.1, -0.05) is 6.07 Å². The molecule has 0 saturated heterocycles. The van der Waals surface area contributed by atoms with E-state index in [0.29, 0.717) is 99.9 Å². The Balaban J connectivity index is 0.000000130. The first-order chi connectivity index (χ1) is 46.2. The first kappa shape index (κ1) is 64.3. The highest BCUT2D eigenvalue weighted by Gasteiger charge is 2.27. The second-order valence-electron chi connectivity index (χ2n) is 24.8. The molecule has 22 nitrogen and oxygen atoms in total. The van der Waals surface area contributed by atoms with Crippen LogP contribution in [0.2, 0.25) is 0 Å². The van der Waals surface area contributed by atoms with Crippen LogP contribution >= 0.6 is 0 Å². The van der Waals surface area contributed by atoms with Crippen molar-refractivity contribution in [2.75, 3.05) is 35.8 Å². The summed E-state index contributed by atoms with van der Waals surface area (Å²) in [6.07, 6.45) is 12.2. The number of aliphatic hydroxyl groups is 2. The average molecular weight is 1300 g/mol. The number of hydrogen-bond donors (Lipinski definition) is 5. The summed E-state index contributed by atoms with van der Waals surface area (Å²) < 4.78 is 69.7. The third kappa shape index (κ3) is 12.5. The quantitative estimate of drug-likeness (QED) is 0.0604. The number of nitrogens with one attached hydrogen (secondary N) is 3. The van der Waals surface area contributed by atoms with Crippen LogP contribution in [0.5, 0.6) is 17.2 Å². The van der Waals surface area contributed by atoms with Gasteiger partial charge >= 0.3 is 0 Å². The van der Waals surface area contributed by atoms with Crippen LogP contribution in [0.1, 0.15) is 98.5 Å². The molecule has 0 amide bonds. The zero-order chi connectivity index (χ0) is 67.4. The number of anilines is 3. The van der Waals surface area contributed by atoms with Crippen molar-refractivity contribution in [3.63, 3.8) is 0 Å².